The topological polar surface area (TPSA) is 9.86 Å². The van der Waals surface area contributed by atoms with Crippen LogP contribution in [0, 0.1) is 0 Å². The van der Waals surface area contributed by atoms with E-state index in [1.165, 1.54) is 0 Å². The summed E-state index contributed by atoms with van der Waals surface area (Å²) in [7, 11) is 0. The van der Waals surface area contributed by atoms with E-state index in [4.69, 9.17) is 19.2 Å². The molecule has 0 radical (unpaired) electrons. The zero-order valence-corrected chi connectivity index (χ0v) is 27.0. The van der Waals surface area contributed by atoms with Crippen LogP contribution in [0.4, 0.5) is 0 Å². The summed E-state index contributed by atoms with van der Waals surface area (Å²) in [5, 5.41) is 2.24. The molecule has 8 aromatic carbocycles. The van der Waals surface area contributed by atoms with Crippen LogP contribution in [-0.2, 0) is 0 Å². The first-order chi connectivity index (χ1) is 33.2. The Kier molecular flexibility index (Phi) is 3.39. The lowest BCUT2D eigenvalue weighted by Crippen LogP contribution is -1.96. The van der Waals surface area contributed by atoms with Gasteiger partial charge in [-0.1, -0.05) is 115 Å². The van der Waals surface area contributed by atoms with Gasteiger partial charge in [-0.05, 0) is 88.8 Å². The van der Waals surface area contributed by atoms with E-state index in [1.807, 2.05) is 30.3 Å². The molecule has 0 aliphatic rings. The highest BCUT2D eigenvalue weighted by Gasteiger charge is 2.19. The minimum atomic E-state index is -0.833. The maximum atomic E-state index is 9.86. The number of para-hydroxylation sites is 3. The van der Waals surface area contributed by atoms with Crippen molar-refractivity contribution in [2.24, 2.45) is 0 Å². The number of hydrogen-bond acceptors (Lipinski definition) is 1. The number of hydrogen-bond donors (Lipinski definition) is 0. The van der Waals surface area contributed by atoms with Crippen molar-refractivity contribution in [3.63, 3.8) is 0 Å². The van der Waals surface area contributed by atoms with Gasteiger partial charge < -0.3 is 9.13 Å². The number of thiophene rings is 1. The summed E-state index contributed by atoms with van der Waals surface area (Å²) in [5.74, 6) is 0. The maximum Gasteiger partial charge on any atom is 0.0645 e. The molecule has 0 atom stereocenters. The fourth-order valence-electron chi connectivity index (χ4n) is 6.98. The Morgan fingerprint density at radius 2 is 1.08 bits per heavy atom. The van der Waals surface area contributed by atoms with Crippen molar-refractivity contribution >= 4 is 75.1 Å². The molecule has 0 aliphatic carbocycles. The molecule has 0 unspecified atom stereocenters. The third kappa shape index (κ3) is 4.29. The van der Waals surface area contributed by atoms with Crippen molar-refractivity contribution in [3.05, 3.63) is 182 Å². The van der Waals surface area contributed by atoms with E-state index in [9.17, 15) is 6.85 Å². The van der Waals surface area contributed by atoms with Crippen LogP contribution in [0.1, 0.15) is 26.0 Å². The Morgan fingerprint density at radius 3 is 1.94 bits per heavy atom. The standard InChI is InChI=1S/C48H30N2S/c1-2-12-31(13-3-1)32-14-10-15-33(28-32)34-24-27-46-40(29-34)48-45(22-11-23-47(48)51-46)50-43-21-9-6-18-38(43)39-30-35(25-26-44(39)50)49-41-19-7-4-16-36(41)37-17-5-8-20-42(37)49/h1-30H/i1D,2D,3D,4D,7D,10D,11D,12D,13D,14D,15D,16D,19D,22D,23D,24D,27D,28D,29D. The molecule has 0 aliphatic heterocycles. The van der Waals surface area contributed by atoms with Crippen LogP contribution >= 0.6 is 11.3 Å². The highest BCUT2D eigenvalue weighted by molar-refractivity contribution is 7.25. The van der Waals surface area contributed by atoms with Gasteiger partial charge in [-0.2, -0.15) is 0 Å². The van der Waals surface area contributed by atoms with E-state index >= 15 is 0 Å². The Labute approximate surface area is 325 Å². The van der Waals surface area contributed by atoms with Gasteiger partial charge in [-0.25, -0.2) is 0 Å². The van der Waals surface area contributed by atoms with Crippen LogP contribution in [0.25, 0.3) is 97.4 Å². The third-order valence-electron chi connectivity index (χ3n) is 9.12. The summed E-state index contributed by atoms with van der Waals surface area (Å²) in [4.78, 5) is 0. The molecule has 2 nitrogen and oxygen atoms in total. The van der Waals surface area contributed by atoms with Crippen LogP contribution in [0.3, 0.4) is 0 Å². The zero-order valence-electron chi connectivity index (χ0n) is 45.2. The van der Waals surface area contributed by atoms with Gasteiger partial charge in [-0.3, -0.25) is 0 Å². The van der Waals surface area contributed by atoms with Gasteiger partial charge in [0.05, 0.1) is 53.8 Å². The molecular weight excluding hydrogens is 637 g/mol. The molecule has 0 spiro atoms. The summed E-state index contributed by atoms with van der Waals surface area (Å²) in [5.41, 5.74) is 0.177. The van der Waals surface area contributed by atoms with Crippen molar-refractivity contribution in [2.45, 2.75) is 0 Å². The summed E-state index contributed by atoms with van der Waals surface area (Å²) < 4.78 is 173. The molecule has 238 valence electrons. The molecule has 3 heterocycles. The lowest BCUT2D eigenvalue weighted by molar-refractivity contribution is 1.17. The van der Waals surface area contributed by atoms with E-state index in [2.05, 4.69) is 0 Å². The predicted molar refractivity (Wildman–Crippen MR) is 219 cm³/mol. The predicted octanol–water partition coefficient (Wildman–Crippen LogP) is 13.6. The highest BCUT2D eigenvalue weighted by atomic mass is 32.1. The van der Waals surface area contributed by atoms with Crippen molar-refractivity contribution in [2.75, 3.05) is 0 Å². The van der Waals surface area contributed by atoms with Crippen molar-refractivity contribution in [3.8, 4) is 33.6 Å². The second-order valence-corrected chi connectivity index (χ2v) is 12.9. The van der Waals surface area contributed by atoms with Gasteiger partial charge in [0.25, 0.3) is 0 Å². The molecule has 0 amide bonds. The number of rotatable bonds is 4. The van der Waals surface area contributed by atoms with Crippen LogP contribution in [0.2, 0.25) is 0 Å². The normalized spacial score (nSPS) is 17.1. The van der Waals surface area contributed by atoms with Crippen molar-refractivity contribution in [1.29, 1.82) is 0 Å². The second kappa shape index (κ2) is 11.0. The summed E-state index contributed by atoms with van der Waals surface area (Å²) >= 11 is 0.856. The molecule has 0 saturated carbocycles. The fourth-order valence-corrected chi connectivity index (χ4v) is 7.94. The minimum Gasteiger partial charge on any atom is -0.309 e. The monoisotopic (exact) mass is 685 g/mol. The first-order valence-electron chi connectivity index (χ1n) is 25.4. The van der Waals surface area contributed by atoms with Gasteiger partial charge >= 0.3 is 0 Å². The molecule has 0 saturated heterocycles. The quantitative estimate of drug-likeness (QED) is 0.174. The van der Waals surface area contributed by atoms with Gasteiger partial charge in [0.2, 0.25) is 0 Å². The Bertz CT molecular complexity index is 4220. The van der Waals surface area contributed by atoms with Crippen LogP contribution < -0.4 is 0 Å². The summed E-state index contributed by atoms with van der Waals surface area (Å²) in [6.07, 6.45) is 0. The van der Waals surface area contributed by atoms with Gasteiger partial charge in [-0.15, -0.1) is 11.3 Å². The molecule has 11 aromatic rings. The van der Waals surface area contributed by atoms with E-state index in [-0.39, 0.29) is 49.5 Å². The first-order valence-corrected chi connectivity index (χ1v) is 16.7. The Balaban J connectivity index is 1.25. The summed E-state index contributed by atoms with van der Waals surface area (Å²) in [6, 6.07) is 8.51. The van der Waals surface area contributed by atoms with Crippen molar-refractivity contribution in [1.82, 2.24) is 9.13 Å². The maximum absolute atomic E-state index is 9.86. The molecule has 3 heteroatoms. The molecule has 0 N–H and O–H groups in total. The van der Waals surface area contributed by atoms with Crippen LogP contribution in [-0.4, -0.2) is 9.13 Å². The number of benzene rings is 8. The molecule has 0 fully saturated rings. The first kappa shape index (κ1) is 15.6. The van der Waals surface area contributed by atoms with Crippen molar-refractivity contribution < 1.29 is 26.0 Å². The average Bonchev–Trinajstić information content (AvgIpc) is 4.03. The van der Waals surface area contributed by atoms with E-state index < -0.39 is 119 Å². The lowest BCUT2D eigenvalue weighted by atomic mass is 9.98. The number of fused-ring (bicyclic) bond motifs is 9. The van der Waals surface area contributed by atoms with Crippen LogP contribution in [0.5, 0.6) is 0 Å². The third-order valence-corrected chi connectivity index (χ3v) is 10.1. The van der Waals surface area contributed by atoms with E-state index in [1.54, 1.807) is 45.5 Å². The largest absolute Gasteiger partial charge is 0.309 e. The Morgan fingerprint density at radius 1 is 0.412 bits per heavy atom. The molecular formula is C48H30N2S. The second-order valence-electron chi connectivity index (χ2n) is 11.9. The summed E-state index contributed by atoms with van der Waals surface area (Å²) in [6.45, 7) is 0. The molecule has 3 aromatic heterocycles. The smallest absolute Gasteiger partial charge is 0.0645 e. The lowest BCUT2D eigenvalue weighted by Gasteiger charge is -2.12. The van der Waals surface area contributed by atoms with Crippen LogP contribution in [0.15, 0.2) is 182 Å². The number of aromatic nitrogens is 2. The van der Waals surface area contributed by atoms with E-state index in [0.29, 0.717) is 43.8 Å². The number of nitrogens with zero attached hydrogens (tertiary/aromatic N) is 2. The fraction of sp³-hybridized carbons (Fsp3) is 0. The average molecular weight is 686 g/mol. The van der Waals surface area contributed by atoms with E-state index in [0.717, 1.165) is 11.3 Å². The van der Waals surface area contributed by atoms with Gasteiger partial charge in [0.15, 0.2) is 0 Å². The Hall–Kier alpha value is -6.42. The molecule has 11 rings (SSSR count). The highest BCUT2D eigenvalue weighted by Crippen LogP contribution is 2.43. The van der Waals surface area contributed by atoms with Gasteiger partial charge in [0.1, 0.15) is 0 Å². The van der Waals surface area contributed by atoms with Gasteiger partial charge in [0, 0.05) is 47.4 Å². The SMILES string of the molecule is [2H]c1c([2H])c([2H])c(-c2c([2H])c([2H])c([2H])c(-c3c([2H])c([2H])c4sc5c([2H])c([2H])c([2H])c(-n6c7ccccc7c7cc(-n8c9ccccc9c9c([2H])c([2H])c([2H])c([2H])c98)ccc76)c5c4c3[2H])c2[2H])c([2H])c1[2H]. The molecule has 51 heavy (non-hydrogen) atoms. The molecule has 0 bridgehead atoms. The minimum absolute atomic E-state index is 0.0135. The zero-order chi connectivity index (χ0) is 50.0.